The van der Waals surface area contributed by atoms with Gasteiger partial charge in [-0.1, -0.05) is 12.1 Å². The van der Waals surface area contributed by atoms with Crippen LogP contribution in [-0.4, -0.2) is 18.6 Å². The quantitative estimate of drug-likeness (QED) is 0.827. The molecule has 2 aromatic rings. The molecule has 0 spiro atoms. The number of rotatable bonds is 5. The summed E-state index contributed by atoms with van der Waals surface area (Å²) in [6, 6.07) is 7.43. The number of nitrogens with zero attached hydrogens (tertiary/aromatic N) is 2. The Morgan fingerprint density at radius 3 is 2.38 bits per heavy atom. The lowest BCUT2D eigenvalue weighted by atomic mass is 10.2. The van der Waals surface area contributed by atoms with Crippen LogP contribution in [0.25, 0.3) is 0 Å². The van der Waals surface area contributed by atoms with E-state index in [0.29, 0.717) is 18.2 Å². The van der Waals surface area contributed by atoms with Crippen LogP contribution in [0.4, 0.5) is 18.3 Å². The fourth-order valence-electron chi connectivity index (χ4n) is 1.81. The molecule has 0 fully saturated rings. The summed E-state index contributed by atoms with van der Waals surface area (Å²) in [5.41, 5.74) is 0.150. The average Bonchev–Trinajstić information content (AvgIpc) is 2.95. The summed E-state index contributed by atoms with van der Waals surface area (Å²) in [5, 5.41) is 1.42. The van der Waals surface area contributed by atoms with Crippen molar-refractivity contribution in [3.05, 3.63) is 40.9 Å². The summed E-state index contributed by atoms with van der Waals surface area (Å²) >= 11 is 1.01. The first-order valence-corrected chi connectivity index (χ1v) is 7.22. The molecular formula is C14H15F3N2OS. The standard InChI is InChI=1S/C14H15F3N2OS/c1-3-19(8-10-4-6-11(20-2)7-5-10)13-18-12(9-21-13)14(15,16)17/h4-7,9H,3,8H2,1-2H3. The lowest BCUT2D eigenvalue weighted by Gasteiger charge is -2.20. The molecule has 21 heavy (non-hydrogen) atoms. The fraction of sp³-hybridized carbons (Fsp3) is 0.357. The van der Waals surface area contributed by atoms with Crippen molar-refractivity contribution in [2.24, 2.45) is 0 Å². The Labute approximate surface area is 125 Å². The second kappa shape index (κ2) is 6.34. The molecule has 1 aromatic heterocycles. The molecule has 0 unspecified atom stereocenters. The summed E-state index contributed by atoms with van der Waals surface area (Å²) < 4.78 is 42.8. The van der Waals surface area contributed by atoms with Crippen molar-refractivity contribution in [2.75, 3.05) is 18.6 Å². The van der Waals surface area contributed by atoms with Crippen LogP contribution in [0.15, 0.2) is 29.6 Å². The zero-order chi connectivity index (χ0) is 15.5. The predicted octanol–water partition coefficient (Wildman–Crippen LogP) is 4.20. The second-order valence-corrected chi connectivity index (χ2v) is 5.21. The van der Waals surface area contributed by atoms with Gasteiger partial charge < -0.3 is 9.64 Å². The summed E-state index contributed by atoms with van der Waals surface area (Å²) in [4.78, 5) is 5.48. The Morgan fingerprint density at radius 2 is 1.90 bits per heavy atom. The molecule has 0 saturated carbocycles. The average molecular weight is 316 g/mol. The molecule has 0 aliphatic heterocycles. The number of methoxy groups -OCH3 is 1. The van der Waals surface area contributed by atoms with Gasteiger partial charge in [0.1, 0.15) is 5.75 Å². The lowest BCUT2D eigenvalue weighted by molar-refractivity contribution is -0.140. The minimum absolute atomic E-state index is 0.376. The smallest absolute Gasteiger partial charge is 0.434 e. The number of thiazole rings is 1. The molecule has 0 aliphatic carbocycles. The molecule has 2 rings (SSSR count). The first kappa shape index (κ1) is 15.6. The molecule has 0 aliphatic rings. The van der Waals surface area contributed by atoms with Crippen molar-refractivity contribution in [2.45, 2.75) is 19.6 Å². The Balaban J connectivity index is 2.13. The van der Waals surface area contributed by atoms with E-state index in [2.05, 4.69) is 4.98 Å². The van der Waals surface area contributed by atoms with Crippen LogP contribution in [0.5, 0.6) is 5.75 Å². The van der Waals surface area contributed by atoms with Crippen molar-refractivity contribution < 1.29 is 17.9 Å². The van der Waals surface area contributed by atoms with Crippen molar-refractivity contribution in [1.82, 2.24) is 4.98 Å². The van der Waals surface area contributed by atoms with Gasteiger partial charge in [0.2, 0.25) is 0 Å². The minimum atomic E-state index is -4.39. The molecule has 114 valence electrons. The normalized spacial score (nSPS) is 11.5. The van der Waals surface area contributed by atoms with E-state index < -0.39 is 11.9 Å². The summed E-state index contributed by atoms with van der Waals surface area (Å²) in [7, 11) is 1.58. The molecule has 3 nitrogen and oxygen atoms in total. The maximum absolute atomic E-state index is 12.6. The van der Waals surface area contributed by atoms with Gasteiger partial charge in [-0.05, 0) is 24.6 Å². The lowest BCUT2D eigenvalue weighted by Crippen LogP contribution is -2.22. The highest BCUT2D eigenvalue weighted by molar-refractivity contribution is 7.13. The maximum atomic E-state index is 12.6. The van der Waals surface area contributed by atoms with Crippen molar-refractivity contribution >= 4 is 16.5 Å². The summed E-state index contributed by atoms with van der Waals surface area (Å²) in [5.74, 6) is 0.746. The van der Waals surface area contributed by atoms with Crippen LogP contribution in [-0.2, 0) is 12.7 Å². The van der Waals surface area contributed by atoms with Gasteiger partial charge >= 0.3 is 6.18 Å². The third kappa shape index (κ3) is 3.87. The second-order valence-electron chi connectivity index (χ2n) is 4.38. The highest BCUT2D eigenvalue weighted by Crippen LogP contribution is 2.33. The minimum Gasteiger partial charge on any atom is -0.497 e. The van der Waals surface area contributed by atoms with Gasteiger partial charge in [-0.15, -0.1) is 11.3 Å². The van der Waals surface area contributed by atoms with E-state index in [4.69, 9.17) is 4.74 Å². The number of hydrogen-bond donors (Lipinski definition) is 0. The van der Waals surface area contributed by atoms with Crippen LogP contribution in [0.2, 0.25) is 0 Å². The number of benzene rings is 1. The molecule has 7 heteroatoms. The van der Waals surface area contributed by atoms with Gasteiger partial charge in [-0.2, -0.15) is 13.2 Å². The third-order valence-electron chi connectivity index (χ3n) is 2.97. The Hall–Kier alpha value is -1.76. The topological polar surface area (TPSA) is 25.4 Å². The van der Waals surface area contributed by atoms with Gasteiger partial charge in [0.05, 0.1) is 7.11 Å². The van der Waals surface area contributed by atoms with E-state index in [9.17, 15) is 13.2 Å². The number of aromatic nitrogens is 1. The van der Waals surface area contributed by atoms with Crippen molar-refractivity contribution in [1.29, 1.82) is 0 Å². The third-order valence-corrected chi connectivity index (χ3v) is 3.87. The van der Waals surface area contributed by atoms with Gasteiger partial charge in [-0.25, -0.2) is 4.98 Å². The van der Waals surface area contributed by atoms with E-state index in [1.54, 1.807) is 7.11 Å². The van der Waals surface area contributed by atoms with E-state index in [0.717, 1.165) is 28.0 Å². The predicted molar refractivity (Wildman–Crippen MR) is 76.8 cm³/mol. The summed E-state index contributed by atoms with van der Waals surface area (Å²) in [6.07, 6.45) is -4.39. The molecule has 0 radical (unpaired) electrons. The Bertz CT molecular complexity index is 581. The number of halogens is 3. The fourth-order valence-corrected chi connectivity index (χ4v) is 2.70. The molecule has 0 bridgehead atoms. The van der Waals surface area contributed by atoms with E-state index in [1.807, 2.05) is 36.1 Å². The van der Waals surface area contributed by atoms with Gasteiger partial charge in [-0.3, -0.25) is 0 Å². The van der Waals surface area contributed by atoms with Crippen LogP contribution in [0, 0.1) is 0 Å². The first-order chi connectivity index (χ1) is 9.94. The van der Waals surface area contributed by atoms with Gasteiger partial charge in [0, 0.05) is 18.5 Å². The van der Waals surface area contributed by atoms with E-state index >= 15 is 0 Å². The van der Waals surface area contributed by atoms with Crippen molar-refractivity contribution in [3.63, 3.8) is 0 Å². The van der Waals surface area contributed by atoms with E-state index in [1.165, 1.54) is 0 Å². The molecule has 0 N–H and O–H groups in total. The van der Waals surface area contributed by atoms with E-state index in [-0.39, 0.29) is 0 Å². The zero-order valence-corrected chi connectivity index (χ0v) is 12.5. The van der Waals surface area contributed by atoms with Crippen LogP contribution >= 0.6 is 11.3 Å². The SMILES string of the molecule is CCN(Cc1ccc(OC)cc1)c1nc(C(F)(F)F)cs1. The van der Waals surface area contributed by atoms with Gasteiger partial charge in [0.15, 0.2) is 10.8 Å². The molecule has 1 aromatic carbocycles. The Morgan fingerprint density at radius 1 is 1.24 bits per heavy atom. The molecule has 0 atom stereocenters. The molecule has 0 saturated heterocycles. The summed E-state index contributed by atoms with van der Waals surface area (Å²) in [6.45, 7) is 2.97. The number of alkyl halides is 3. The molecule has 1 heterocycles. The Kier molecular flexibility index (Phi) is 4.72. The van der Waals surface area contributed by atoms with Crippen molar-refractivity contribution in [3.8, 4) is 5.75 Å². The number of hydrogen-bond acceptors (Lipinski definition) is 4. The maximum Gasteiger partial charge on any atom is 0.434 e. The van der Waals surface area contributed by atoms with Crippen LogP contribution in [0.1, 0.15) is 18.2 Å². The monoisotopic (exact) mass is 316 g/mol. The van der Waals surface area contributed by atoms with Gasteiger partial charge in [0.25, 0.3) is 0 Å². The van der Waals surface area contributed by atoms with Crippen LogP contribution in [0.3, 0.4) is 0 Å². The highest BCUT2D eigenvalue weighted by Gasteiger charge is 2.34. The first-order valence-electron chi connectivity index (χ1n) is 6.34. The zero-order valence-electron chi connectivity index (χ0n) is 11.6. The number of ether oxygens (including phenoxy) is 1. The highest BCUT2D eigenvalue weighted by atomic mass is 32.1. The molecule has 0 amide bonds. The number of anilines is 1. The molecular weight excluding hydrogens is 301 g/mol. The largest absolute Gasteiger partial charge is 0.497 e. The van der Waals surface area contributed by atoms with Crippen LogP contribution < -0.4 is 9.64 Å².